The summed E-state index contributed by atoms with van der Waals surface area (Å²) in [6, 6.07) is 4.93. The van der Waals surface area contributed by atoms with Gasteiger partial charge in [0.05, 0.1) is 0 Å². The maximum Gasteiger partial charge on any atom is 0.433 e. The smallest absolute Gasteiger partial charge is 0.433 e. The van der Waals surface area contributed by atoms with E-state index in [9.17, 15) is 26.7 Å². The van der Waals surface area contributed by atoms with E-state index in [1.54, 1.807) is 0 Å². The highest BCUT2D eigenvalue weighted by atomic mass is 19.4. The van der Waals surface area contributed by atoms with Crippen LogP contribution in [0.1, 0.15) is 18.2 Å². The molecule has 0 aliphatic carbocycles. The summed E-state index contributed by atoms with van der Waals surface area (Å²) in [4.78, 5) is 19.0. The summed E-state index contributed by atoms with van der Waals surface area (Å²) in [6.07, 6.45) is -3.92. The van der Waals surface area contributed by atoms with Crippen molar-refractivity contribution in [3.05, 3.63) is 69.9 Å². The molecule has 2 aromatic heterocycles. The van der Waals surface area contributed by atoms with Gasteiger partial charge in [-0.3, -0.25) is 9.55 Å². The van der Waals surface area contributed by atoms with Crippen molar-refractivity contribution in [1.82, 2.24) is 14.5 Å². The van der Waals surface area contributed by atoms with Gasteiger partial charge < -0.3 is 14.8 Å². The van der Waals surface area contributed by atoms with Crippen molar-refractivity contribution in [3.63, 3.8) is 0 Å². The standard InChI is InChI=1S/C20H15F5N4O3/c1-10-8-29-16(27-10)7-17(28-19(29)30)31-9-11-4-13(21)18(14(22)5-11)32-12-2-3-26-15(6-12)20(23,24)25/h2-7,10,27H,8-9H2,1H3. The first-order valence-corrected chi connectivity index (χ1v) is 9.30. The second-order valence-corrected chi connectivity index (χ2v) is 7.07. The molecule has 1 aliphatic rings. The van der Waals surface area contributed by atoms with Gasteiger partial charge in [0.2, 0.25) is 5.88 Å². The van der Waals surface area contributed by atoms with E-state index in [1.165, 1.54) is 10.6 Å². The highest BCUT2D eigenvalue weighted by Crippen LogP contribution is 2.33. The molecule has 1 N–H and O–H groups in total. The largest absolute Gasteiger partial charge is 0.473 e. The van der Waals surface area contributed by atoms with Crippen LogP contribution in [0, 0.1) is 11.6 Å². The van der Waals surface area contributed by atoms with Gasteiger partial charge in [-0.15, -0.1) is 0 Å². The number of nitrogens with zero attached hydrogens (tertiary/aromatic N) is 3. The maximum atomic E-state index is 14.4. The number of pyridine rings is 1. The van der Waals surface area contributed by atoms with Crippen LogP contribution in [0.5, 0.6) is 17.4 Å². The minimum absolute atomic E-state index is 0.0274. The molecule has 4 rings (SSSR count). The van der Waals surface area contributed by atoms with E-state index in [1.807, 2.05) is 6.92 Å². The number of halogens is 5. The molecule has 1 unspecified atom stereocenters. The molecule has 1 atom stereocenters. The summed E-state index contributed by atoms with van der Waals surface area (Å²) in [7, 11) is 0. The summed E-state index contributed by atoms with van der Waals surface area (Å²) in [5.41, 5.74) is -1.73. The van der Waals surface area contributed by atoms with Crippen LogP contribution in [0.2, 0.25) is 0 Å². The molecule has 12 heteroatoms. The van der Waals surface area contributed by atoms with Gasteiger partial charge in [0, 0.05) is 30.9 Å². The second kappa shape index (κ2) is 8.09. The van der Waals surface area contributed by atoms with Crippen molar-refractivity contribution in [1.29, 1.82) is 0 Å². The topological polar surface area (TPSA) is 78.3 Å². The Hall–Kier alpha value is -3.70. The van der Waals surface area contributed by atoms with Gasteiger partial charge in [0.1, 0.15) is 23.9 Å². The van der Waals surface area contributed by atoms with Gasteiger partial charge in [-0.25, -0.2) is 13.6 Å². The Kier molecular flexibility index (Phi) is 5.45. The van der Waals surface area contributed by atoms with Crippen LogP contribution in [0.4, 0.5) is 27.8 Å². The third-order valence-electron chi connectivity index (χ3n) is 4.52. The zero-order valence-corrected chi connectivity index (χ0v) is 16.4. The van der Waals surface area contributed by atoms with Crippen molar-refractivity contribution in [3.8, 4) is 17.4 Å². The van der Waals surface area contributed by atoms with Gasteiger partial charge in [-0.05, 0) is 30.7 Å². The minimum Gasteiger partial charge on any atom is -0.473 e. The summed E-state index contributed by atoms with van der Waals surface area (Å²) in [5, 5.41) is 3.07. The maximum absolute atomic E-state index is 14.4. The number of hydrogen-bond donors (Lipinski definition) is 1. The van der Waals surface area contributed by atoms with E-state index in [-0.39, 0.29) is 24.1 Å². The van der Waals surface area contributed by atoms with Gasteiger partial charge in [0.15, 0.2) is 17.4 Å². The predicted molar refractivity (Wildman–Crippen MR) is 102 cm³/mol. The Balaban J connectivity index is 1.50. The van der Waals surface area contributed by atoms with Gasteiger partial charge in [-0.1, -0.05) is 0 Å². The first-order valence-electron chi connectivity index (χ1n) is 9.30. The molecule has 3 heterocycles. The van der Waals surface area contributed by atoms with Crippen molar-refractivity contribution < 1.29 is 31.4 Å². The summed E-state index contributed by atoms with van der Waals surface area (Å²) in [5.74, 6) is -3.11. The molecular weight excluding hydrogens is 439 g/mol. The molecule has 168 valence electrons. The van der Waals surface area contributed by atoms with Crippen molar-refractivity contribution in [2.45, 2.75) is 32.3 Å². The molecule has 0 saturated heterocycles. The normalized spacial score (nSPS) is 15.2. The fourth-order valence-electron chi connectivity index (χ4n) is 3.12. The Morgan fingerprint density at radius 3 is 2.59 bits per heavy atom. The zero-order valence-electron chi connectivity index (χ0n) is 16.4. The van der Waals surface area contributed by atoms with E-state index in [0.29, 0.717) is 18.4 Å². The molecule has 0 radical (unpaired) electrons. The lowest BCUT2D eigenvalue weighted by Crippen LogP contribution is -2.22. The number of hydrogen-bond acceptors (Lipinski definition) is 6. The number of anilines is 1. The van der Waals surface area contributed by atoms with Crippen molar-refractivity contribution in [2.24, 2.45) is 0 Å². The predicted octanol–water partition coefficient (Wildman–Crippen LogP) is 4.12. The number of nitrogens with one attached hydrogen (secondary N) is 1. The van der Waals surface area contributed by atoms with Crippen LogP contribution in [0.25, 0.3) is 0 Å². The lowest BCUT2D eigenvalue weighted by molar-refractivity contribution is -0.141. The zero-order chi connectivity index (χ0) is 23.0. The molecule has 1 aliphatic heterocycles. The highest BCUT2D eigenvalue weighted by molar-refractivity contribution is 5.43. The molecule has 0 bridgehead atoms. The molecular formula is C20H15F5N4O3. The summed E-state index contributed by atoms with van der Waals surface area (Å²) < 4.78 is 78.9. The van der Waals surface area contributed by atoms with Crippen LogP contribution in [0.3, 0.4) is 0 Å². The third-order valence-corrected chi connectivity index (χ3v) is 4.52. The van der Waals surface area contributed by atoms with Crippen LogP contribution in [-0.2, 0) is 19.3 Å². The van der Waals surface area contributed by atoms with E-state index in [2.05, 4.69) is 15.3 Å². The van der Waals surface area contributed by atoms with Gasteiger partial charge >= 0.3 is 11.9 Å². The molecule has 7 nitrogen and oxygen atoms in total. The highest BCUT2D eigenvalue weighted by Gasteiger charge is 2.33. The lowest BCUT2D eigenvalue weighted by atomic mass is 10.2. The molecule has 0 fully saturated rings. The van der Waals surface area contributed by atoms with E-state index in [4.69, 9.17) is 9.47 Å². The van der Waals surface area contributed by atoms with E-state index < -0.39 is 40.7 Å². The number of rotatable bonds is 5. The Morgan fingerprint density at radius 2 is 1.91 bits per heavy atom. The van der Waals surface area contributed by atoms with E-state index >= 15 is 0 Å². The minimum atomic E-state index is -4.74. The third kappa shape index (κ3) is 4.48. The first-order chi connectivity index (χ1) is 15.1. The van der Waals surface area contributed by atoms with Gasteiger partial charge in [-0.2, -0.15) is 18.2 Å². The Bertz CT molecular complexity index is 1210. The number of benzene rings is 1. The van der Waals surface area contributed by atoms with Crippen LogP contribution >= 0.6 is 0 Å². The van der Waals surface area contributed by atoms with Crippen LogP contribution in [-0.4, -0.2) is 20.6 Å². The number of fused-ring (bicyclic) bond motifs is 1. The molecule has 3 aromatic rings. The van der Waals surface area contributed by atoms with Crippen LogP contribution in [0.15, 0.2) is 41.3 Å². The number of aromatic nitrogens is 3. The molecule has 0 amide bonds. The molecule has 1 aromatic carbocycles. The fraction of sp³-hybridized carbons (Fsp3) is 0.250. The molecule has 0 saturated carbocycles. The SMILES string of the molecule is CC1Cn2c(cc(OCc3cc(F)c(Oc4ccnc(C(F)(F)F)c4)c(F)c3)nc2=O)N1. The summed E-state index contributed by atoms with van der Waals surface area (Å²) in [6.45, 7) is 2.03. The number of ether oxygens (including phenoxy) is 2. The molecule has 0 spiro atoms. The fourth-order valence-corrected chi connectivity index (χ4v) is 3.12. The average molecular weight is 454 g/mol. The first kappa shape index (κ1) is 21.5. The van der Waals surface area contributed by atoms with Crippen molar-refractivity contribution in [2.75, 3.05) is 5.32 Å². The monoisotopic (exact) mass is 454 g/mol. The quantitative estimate of drug-likeness (QED) is 0.585. The number of alkyl halides is 3. The molecule has 32 heavy (non-hydrogen) atoms. The van der Waals surface area contributed by atoms with Crippen molar-refractivity contribution >= 4 is 5.82 Å². The van der Waals surface area contributed by atoms with Crippen LogP contribution < -0.4 is 20.5 Å². The van der Waals surface area contributed by atoms with E-state index in [0.717, 1.165) is 24.4 Å². The second-order valence-electron chi connectivity index (χ2n) is 7.07. The Labute approximate surface area is 177 Å². The average Bonchev–Trinajstić information content (AvgIpc) is 3.10. The van der Waals surface area contributed by atoms with Gasteiger partial charge in [0.25, 0.3) is 0 Å². The Morgan fingerprint density at radius 1 is 1.19 bits per heavy atom. The lowest BCUT2D eigenvalue weighted by Gasteiger charge is -2.12. The summed E-state index contributed by atoms with van der Waals surface area (Å²) >= 11 is 0.